The first kappa shape index (κ1) is 7.66. The highest BCUT2D eigenvalue weighted by Crippen LogP contribution is 2.09. The van der Waals surface area contributed by atoms with Crippen LogP contribution < -0.4 is 0 Å². The average molecular weight is 147 g/mol. The highest BCUT2D eigenvalue weighted by atomic mass is 16.1. The van der Waals surface area contributed by atoms with Crippen LogP contribution in [-0.4, -0.2) is 11.3 Å². The molecule has 0 radical (unpaired) electrons. The van der Waals surface area contributed by atoms with Crippen molar-refractivity contribution < 1.29 is 4.79 Å². The molecular weight excluding hydrogens is 138 g/mol. The molecule has 0 unspecified atom stereocenters. The number of aromatic nitrogens is 1. The van der Waals surface area contributed by atoms with E-state index < -0.39 is 0 Å². The molecule has 56 valence electrons. The van der Waals surface area contributed by atoms with Crippen molar-refractivity contribution >= 4 is 11.9 Å². The lowest BCUT2D eigenvalue weighted by atomic mass is 10.1. The van der Waals surface area contributed by atoms with Gasteiger partial charge < -0.3 is 0 Å². The van der Waals surface area contributed by atoms with Crippen molar-refractivity contribution in [2.24, 2.45) is 0 Å². The summed E-state index contributed by atoms with van der Waals surface area (Å²) >= 11 is 0. The fraction of sp³-hybridized carbons (Fsp3) is 0.111. The number of allylic oxidation sites excluding steroid dienone is 2. The number of aldehydes is 1. The third-order valence-corrected chi connectivity index (χ3v) is 1.45. The van der Waals surface area contributed by atoms with Gasteiger partial charge in [-0.25, -0.2) is 0 Å². The lowest BCUT2D eigenvalue weighted by Crippen LogP contribution is -1.79. The van der Waals surface area contributed by atoms with Gasteiger partial charge in [0.2, 0.25) is 0 Å². The van der Waals surface area contributed by atoms with E-state index in [0.717, 1.165) is 17.4 Å². The largest absolute Gasteiger partial charge is 0.299 e. The Morgan fingerprint density at radius 1 is 1.45 bits per heavy atom. The second-order valence-corrected chi connectivity index (χ2v) is 2.22. The molecular formula is C9H9NO. The minimum Gasteiger partial charge on any atom is -0.299 e. The Kier molecular flexibility index (Phi) is 2.55. The van der Waals surface area contributed by atoms with Gasteiger partial charge in [0.1, 0.15) is 6.29 Å². The molecule has 0 fully saturated rings. The van der Waals surface area contributed by atoms with Crippen LogP contribution in [-0.2, 0) is 4.79 Å². The molecule has 1 heterocycles. The average Bonchev–Trinajstić information content (AvgIpc) is 2.07. The minimum atomic E-state index is 0.787. The van der Waals surface area contributed by atoms with Gasteiger partial charge in [0, 0.05) is 12.4 Å². The van der Waals surface area contributed by atoms with Crippen molar-refractivity contribution in [2.45, 2.75) is 6.92 Å². The summed E-state index contributed by atoms with van der Waals surface area (Å²) in [7, 11) is 0. The molecule has 0 bridgehead atoms. The molecule has 0 atom stereocenters. The Morgan fingerprint density at radius 3 is 2.64 bits per heavy atom. The maximum absolute atomic E-state index is 10.1. The summed E-state index contributed by atoms with van der Waals surface area (Å²) in [6, 6.07) is 3.74. The summed E-state index contributed by atoms with van der Waals surface area (Å²) in [5, 5.41) is 0. The topological polar surface area (TPSA) is 30.0 Å². The summed E-state index contributed by atoms with van der Waals surface area (Å²) in [4.78, 5) is 14.0. The van der Waals surface area contributed by atoms with Crippen LogP contribution >= 0.6 is 0 Å². The van der Waals surface area contributed by atoms with E-state index in [1.54, 1.807) is 12.4 Å². The molecule has 0 N–H and O–H groups in total. The van der Waals surface area contributed by atoms with E-state index in [2.05, 4.69) is 4.98 Å². The lowest BCUT2D eigenvalue weighted by molar-refractivity contribution is -0.104. The molecule has 11 heavy (non-hydrogen) atoms. The number of hydrogen-bond donors (Lipinski definition) is 0. The summed E-state index contributed by atoms with van der Waals surface area (Å²) in [6.45, 7) is 1.89. The molecule has 0 saturated heterocycles. The van der Waals surface area contributed by atoms with Crippen molar-refractivity contribution in [3.05, 3.63) is 36.2 Å². The van der Waals surface area contributed by atoms with Crippen molar-refractivity contribution in [3.8, 4) is 0 Å². The SMILES string of the molecule is C/C(=C\C=O)c1ccncc1. The number of rotatable bonds is 2. The molecule has 1 aromatic rings. The first-order valence-electron chi connectivity index (χ1n) is 3.37. The molecule has 0 aliphatic carbocycles. The van der Waals surface area contributed by atoms with Crippen LogP contribution in [0, 0.1) is 0 Å². The number of carbonyl (C=O) groups excluding carboxylic acids is 1. The maximum Gasteiger partial charge on any atom is 0.143 e. The third-order valence-electron chi connectivity index (χ3n) is 1.45. The van der Waals surface area contributed by atoms with E-state index >= 15 is 0 Å². The molecule has 2 heteroatoms. The molecule has 1 rings (SSSR count). The number of pyridine rings is 1. The van der Waals surface area contributed by atoms with Crippen LogP contribution in [0.2, 0.25) is 0 Å². The Balaban J connectivity index is 2.94. The van der Waals surface area contributed by atoms with Crippen molar-refractivity contribution in [1.82, 2.24) is 4.98 Å². The minimum absolute atomic E-state index is 0.787. The zero-order chi connectivity index (χ0) is 8.10. The van der Waals surface area contributed by atoms with E-state index in [9.17, 15) is 4.79 Å². The highest BCUT2D eigenvalue weighted by Gasteiger charge is 1.91. The Morgan fingerprint density at radius 2 is 2.09 bits per heavy atom. The molecule has 0 aromatic carbocycles. The highest BCUT2D eigenvalue weighted by molar-refractivity contribution is 5.80. The van der Waals surface area contributed by atoms with Gasteiger partial charge >= 0.3 is 0 Å². The monoisotopic (exact) mass is 147 g/mol. The van der Waals surface area contributed by atoms with Crippen molar-refractivity contribution in [1.29, 1.82) is 0 Å². The molecule has 0 amide bonds. The number of nitrogens with zero attached hydrogens (tertiary/aromatic N) is 1. The maximum atomic E-state index is 10.1. The second kappa shape index (κ2) is 3.66. The van der Waals surface area contributed by atoms with Gasteiger partial charge in [-0.1, -0.05) is 0 Å². The molecule has 2 nitrogen and oxygen atoms in total. The first-order chi connectivity index (χ1) is 5.34. The Hall–Kier alpha value is -1.44. The van der Waals surface area contributed by atoms with Gasteiger partial charge in [0.25, 0.3) is 0 Å². The zero-order valence-corrected chi connectivity index (χ0v) is 6.32. The van der Waals surface area contributed by atoms with Crippen LogP contribution in [0.3, 0.4) is 0 Å². The van der Waals surface area contributed by atoms with E-state index in [0.29, 0.717) is 0 Å². The molecule has 0 spiro atoms. The van der Waals surface area contributed by atoms with Crippen LogP contribution in [0.1, 0.15) is 12.5 Å². The van der Waals surface area contributed by atoms with Gasteiger partial charge in [0.05, 0.1) is 0 Å². The Labute approximate surface area is 65.6 Å². The quantitative estimate of drug-likeness (QED) is 0.470. The standard InChI is InChI=1S/C9H9NO/c1-8(4-7-11)9-2-5-10-6-3-9/h2-7H,1H3/b8-4+. The van der Waals surface area contributed by atoms with Gasteiger partial charge in [-0.15, -0.1) is 0 Å². The zero-order valence-electron chi connectivity index (χ0n) is 6.32. The fourth-order valence-electron chi connectivity index (χ4n) is 0.813. The lowest BCUT2D eigenvalue weighted by Gasteiger charge is -1.96. The van der Waals surface area contributed by atoms with Crippen LogP contribution in [0.4, 0.5) is 0 Å². The van der Waals surface area contributed by atoms with Gasteiger partial charge in [-0.05, 0) is 36.3 Å². The summed E-state index contributed by atoms with van der Waals surface area (Å²) in [5.74, 6) is 0. The van der Waals surface area contributed by atoms with Gasteiger partial charge in [0.15, 0.2) is 0 Å². The predicted octanol–water partition coefficient (Wildman–Crippen LogP) is 1.68. The molecule has 0 saturated carbocycles. The third kappa shape index (κ3) is 2.00. The van der Waals surface area contributed by atoms with Crippen LogP contribution in [0.15, 0.2) is 30.6 Å². The van der Waals surface area contributed by atoms with Crippen LogP contribution in [0.5, 0.6) is 0 Å². The van der Waals surface area contributed by atoms with Gasteiger partial charge in [-0.2, -0.15) is 0 Å². The van der Waals surface area contributed by atoms with Crippen molar-refractivity contribution in [3.63, 3.8) is 0 Å². The van der Waals surface area contributed by atoms with Crippen molar-refractivity contribution in [2.75, 3.05) is 0 Å². The first-order valence-corrected chi connectivity index (χ1v) is 3.37. The van der Waals surface area contributed by atoms with E-state index in [1.165, 1.54) is 6.08 Å². The summed E-state index contributed by atoms with van der Waals surface area (Å²) < 4.78 is 0. The predicted molar refractivity (Wildman–Crippen MR) is 44.0 cm³/mol. The van der Waals surface area contributed by atoms with Crippen LogP contribution in [0.25, 0.3) is 5.57 Å². The molecule has 0 aliphatic heterocycles. The van der Waals surface area contributed by atoms with E-state index in [4.69, 9.17) is 0 Å². The second-order valence-electron chi connectivity index (χ2n) is 2.22. The van der Waals surface area contributed by atoms with Gasteiger partial charge in [-0.3, -0.25) is 9.78 Å². The fourth-order valence-corrected chi connectivity index (χ4v) is 0.813. The molecule has 0 aliphatic rings. The smallest absolute Gasteiger partial charge is 0.143 e. The number of hydrogen-bond acceptors (Lipinski definition) is 2. The van der Waals surface area contributed by atoms with E-state index in [-0.39, 0.29) is 0 Å². The Bertz CT molecular complexity index is 264. The summed E-state index contributed by atoms with van der Waals surface area (Å²) in [5.41, 5.74) is 1.99. The normalized spacial score (nSPS) is 11.2. The number of carbonyl (C=O) groups is 1. The summed E-state index contributed by atoms with van der Waals surface area (Å²) in [6.07, 6.45) is 5.74. The molecule has 1 aromatic heterocycles. The van der Waals surface area contributed by atoms with E-state index in [1.807, 2.05) is 19.1 Å².